The number of nitrogens with zero attached hydrogens (tertiary/aromatic N) is 2. The lowest BCUT2D eigenvalue weighted by molar-refractivity contribution is 0.0992. The van der Waals surface area contributed by atoms with Crippen molar-refractivity contribution in [2.75, 3.05) is 0 Å². The van der Waals surface area contributed by atoms with Crippen LogP contribution in [0, 0.1) is 0 Å². The second-order valence-electron chi connectivity index (χ2n) is 5.81. The van der Waals surface area contributed by atoms with E-state index in [4.69, 9.17) is 17.3 Å². The SMILES string of the molecule is CC(C)N(Cc1cccc(Cl)c1)S(=O)(=O)c1cc(C(N)=O)n(C)c1. The first-order valence-corrected chi connectivity index (χ1v) is 9.17. The van der Waals surface area contributed by atoms with Gasteiger partial charge in [-0.15, -0.1) is 0 Å². The van der Waals surface area contributed by atoms with E-state index >= 15 is 0 Å². The number of benzene rings is 1. The van der Waals surface area contributed by atoms with Crippen molar-refractivity contribution in [3.63, 3.8) is 0 Å². The van der Waals surface area contributed by atoms with E-state index in [0.717, 1.165) is 5.56 Å². The zero-order valence-corrected chi connectivity index (χ0v) is 15.3. The highest BCUT2D eigenvalue weighted by atomic mass is 35.5. The minimum atomic E-state index is -3.78. The number of carbonyl (C=O) groups is 1. The first kappa shape index (κ1) is 18.5. The summed E-state index contributed by atoms with van der Waals surface area (Å²) in [5.74, 6) is -0.676. The topological polar surface area (TPSA) is 85.4 Å². The fraction of sp³-hybridized carbons (Fsp3) is 0.312. The highest BCUT2D eigenvalue weighted by Gasteiger charge is 2.29. The molecule has 0 atom stereocenters. The van der Waals surface area contributed by atoms with Gasteiger partial charge in [-0.25, -0.2) is 8.42 Å². The number of halogens is 1. The Kier molecular flexibility index (Phi) is 5.37. The van der Waals surface area contributed by atoms with Gasteiger partial charge < -0.3 is 10.3 Å². The molecule has 1 heterocycles. The number of nitrogens with two attached hydrogens (primary N) is 1. The molecule has 8 heteroatoms. The van der Waals surface area contributed by atoms with Gasteiger partial charge in [-0.05, 0) is 37.6 Å². The highest BCUT2D eigenvalue weighted by Crippen LogP contribution is 2.23. The lowest BCUT2D eigenvalue weighted by atomic mass is 10.2. The van der Waals surface area contributed by atoms with E-state index in [1.54, 1.807) is 39.1 Å². The molecule has 0 saturated heterocycles. The quantitative estimate of drug-likeness (QED) is 0.848. The van der Waals surface area contributed by atoms with Crippen molar-refractivity contribution in [2.24, 2.45) is 12.8 Å². The Labute approximate surface area is 146 Å². The molecule has 6 nitrogen and oxygen atoms in total. The number of carbonyl (C=O) groups excluding carboxylic acids is 1. The van der Waals surface area contributed by atoms with Crippen molar-refractivity contribution in [3.8, 4) is 0 Å². The molecule has 2 rings (SSSR count). The molecule has 0 fully saturated rings. The maximum Gasteiger partial charge on any atom is 0.265 e. The normalized spacial score (nSPS) is 12.1. The Morgan fingerprint density at radius 2 is 2.00 bits per heavy atom. The third kappa shape index (κ3) is 3.80. The Bertz CT molecular complexity index is 859. The van der Waals surface area contributed by atoms with Gasteiger partial charge in [-0.1, -0.05) is 23.7 Å². The van der Waals surface area contributed by atoms with Crippen LogP contribution in [0.2, 0.25) is 5.02 Å². The van der Waals surface area contributed by atoms with Crippen LogP contribution in [-0.2, 0) is 23.6 Å². The molecule has 0 unspecified atom stereocenters. The largest absolute Gasteiger partial charge is 0.364 e. The van der Waals surface area contributed by atoms with Crippen molar-refractivity contribution in [1.82, 2.24) is 8.87 Å². The monoisotopic (exact) mass is 369 g/mol. The maximum atomic E-state index is 13.0. The summed E-state index contributed by atoms with van der Waals surface area (Å²) in [6, 6.07) is 8.08. The van der Waals surface area contributed by atoms with E-state index in [2.05, 4.69) is 0 Å². The van der Waals surface area contributed by atoms with Crippen LogP contribution in [0.15, 0.2) is 41.4 Å². The molecule has 1 amide bonds. The average molecular weight is 370 g/mol. The third-order valence-corrected chi connectivity index (χ3v) is 5.86. The van der Waals surface area contributed by atoms with Crippen molar-refractivity contribution in [3.05, 3.63) is 52.8 Å². The molecule has 0 radical (unpaired) electrons. The lowest BCUT2D eigenvalue weighted by Gasteiger charge is -2.25. The molecular formula is C16H20ClN3O3S. The van der Waals surface area contributed by atoms with E-state index in [0.29, 0.717) is 5.02 Å². The summed E-state index contributed by atoms with van der Waals surface area (Å²) < 4.78 is 28.7. The van der Waals surface area contributed by atoms with E-state index < -0.39 is 15.9 Å². The van der Waals surface area contributed by atoms with E-state index in [1.807, 2.05) is 6.07 Å². The van der Waals surface area contributed by atoms with E-state index in [-0.39, 0.29) is 23.2 Å². The molecule has 0 aliphatic heterocycles. The molecular weight excluding hydrogens is 350 g/mol. The molecule has 24 heavy (non-hydrogen) atoms. The fourth-order valence-electron chi connectivity index (χ4n) is 2.42. The van der Waals surface area contributed by atoms with E-state index in [9.17, 15) is 13.2 Å². The van der Waals surface area contributed by atoms with Crippen molar-refractivity contribution >= 4 is 27.5 Å². The summed E-state index contributed by atoms with van der Waals surface area (Å²) in [6.07, 6.45) is 1.39. The second kappa shape index (κ2) is 6.96. The molecule has 0 spiro atoms. The number of aryl methyl sites for hydroxylation is 1. The Morgan fingerprint density at radius 3 is 2.50 bits per heavy atom. The van der Waals surface area contributed by atoms with Gasteiger partial charge in [0.15, 0.2) is 0 Å². The zero-order chi connectivity index (χ0) is 18.1. The standard InChI is InChI=1S/C16H20ClN3O3S/c1-11(2)20(9-12-5-4-6-13(17)7-12)24(22,23)14-8-15(16(18)21)19(3)10-14/h4-8,10-11H,9H2,1-3H3,(H2,18,21). The van der Waals surface area contributed by atoms with Crippen LogP contribution in [0.5, 0.6) is 0 Å². The molecule has 2 aromatic rings. The number of hydrogen-bond acceptors (Lipinski definition) is 3. The van der Waals surface area contributed by atoms with Gasteiger partial charge >= 0.3 is 0 Å². The number of aromatic nitrogens is 1. The molecule has 130 valence electrons. The van der Waals surface area contributed by atoms with E-state index in [1.165, 1.54) is 21.1 Å². The number of hydrogen-bond donors (Lipinski definition) is 1. The first-order chi connectivity index (χ1) is 11.1. The summed E-state index contributed by atoms with van der Waals surface area (Å²) in [4.78, 5) is 11.4. The summed E-state index contributed by atoms with van der Waals surface area (Å²) >= 11 is 5.98. The Balaban J connectivity index is 2.42. The number of rotatable bonds is 6. The predicted molar refractivity (Wildman–Crippen MR) is 93.2 cm³/mol. The van der Waals surface area contributed by atoms with Gasteiger partial charge in [0.2, 0.25) is 10.0 Å². The van der Waals surface area contributed by atoms with Gasteiger partial charge in [0.1, 0.15) is 10.6 Å². The minimum Gasteiger partial charge on any atom is -0.364 e. The second-order valence-corrected chi connectivity index (χ2v) is 8.14. The summed E-state index contributed by atoms with van der Waals surface area (Å²) in [5.41, 5.74) is 6.19. The van der Waals surface area contributed by atoms with Crippen LogP contribution in [0.1, 0.15) is 29.9 Å². The number of primary amides is 1. The summed E-state index contributed by atoms with van der Waals surface area (Å²) in [5, 5.41) is 0.546. The van der Waals surface area contributed by atoms with Crippen LogP contribution in [-0.4, -0.2) is 29.2 Å². The third-order valence-electron chi connectivity index (χ3n) is 3.64. The minimum absolute atomic E-state index is 0.0366. The van der Waals surface area contributed by atoms with Crippen LogP contribution in [0.25, 0.3) is 0 Å². The van der Waals surface area contributed by atoms with Crippen LogP contribution < -0.4 is 5.73 Å². The van der Waals surface area contributed by atoms with Gasteiger partial charge in [-0.3, -0.25) is 4.79 Å². The molecule has 0 aliphatic carbocycles. The van der Waals surface area contributed by atoms with Crippen LogP contribution >= 0.6 is 11.6 Å². The smallest absolute Gasteiger partial charge is 0.265 e. The van der Waals surface area contributed by atoms with Gasteiger partial charge in [-0.2, -0.15) is 4.31 Å². The molecule has 0 saturated carbocycles. The molecule has 0 bridgehead atoms. The van der Waals surface area contributed by atoms with Crippen molar-refractivity contribution in [2.45, 2.75) is 31.3 Å². The predicted octanol–water partition coefficient (Wildman–Crippen LogP) is 2.38. The van der Waals surface area contributed by atoms with Gasteiger partial charge in [0.05, 0.1) is 0 Å². The molecule has 1 aromatic carbocycles. The first-order valence-electron chi connectivity index (χ1n) is 7.35. The number of amides is 1. The molecule has 2 N–H and O–H groups in total. The van der Waals surface area contributed by atoms with Crippen LogP contribution in [0.4, 0.5) is 0 Å². The molecule has 0 aliphatic rings. The van der Waals surface area contributed by atoms with Crippen molar-refractivity contribution in [1.29, 1.82) is 0 Å². The lowest BCUT2D eigenvalue weighted by Crippen LogP contribution is -2.36. The Morgan fingerprint density at radius 1 is 1.33 bits per heavy atom. The number of sulfonamides is 1. The fourth-order valence-corrected chi connectivity index (χ4v) is 4.33. The van der Waals surface area contributed by atoms with Gasteiger partial charge in [0.25, 0.3) is 5.91 Å². The van der Waals surface area contributed by atoms with Crippen LogP contribution in [0.3, 0.4) is 0 Å². The Hall–Kier alpha value is -1.83. The highest BCUT2D eigenvalue weighted by molar-refractivity contribution is 7.89. The zero-order valence-electron chi connectivity index (χ0n) is 13.7. The molecule has 1 aromatic heterocycles. The summed E-state index contributed by atoms with van der Waals surface area (Å²) in [6.45, 7) is 3.77. The van der Waals surface area contributed by atoms with Gasteiger partial charge in [0, 0.05) is 30.9 Å². The maximum absolute atomic E-state index is 13.0. The summed E-state index contributed by atoms with van der Waals surface area (Å²) in [7, 11) is -2.21. The van der Waals surface area contributed by atoms with Crippen molar-refractivity contribution < 1.29 is 13.2 Å². The average Bonchev–Trinajstić information content (AvgIpc) is 2.87.